The lowest BCUT2D eigenvalue weighted by Gasteiger charge is -2.16. The number of pyridine rings is 1. The molecule has 1 aromatic carbocycles. The van der Waals surface area contributed by atoms with Gasteiger partial charge in [0.2, 0.25) is 0 Å². The maximum absolute atomic E-state index is 13.7. The lowest BCUT2D eigenvalue weighted by Crippen LogP contribution is -2.11. The van der Waals surface area contributed by atoms with Gasteiger partial charge in [0.15, 0.2) is 11.6 Å². The first kappa shape index (κ1) is 21.5. The Morgan fingerprint density at radius 1 is 0.969 bits per heavy atom. The van der Waals surface area contributed by atoms with Crippen molar-refractivity contribution in [2.45, 2.75) is 13.1 Å². The van der Waals surface area contributed by atoms with Gasteiger partial charge in [-0.15, -0.1) is 11.3 Å². The van der Waals surface area contributed by atoms with Gasteiger partial charge in [0, 0.05) is 24.7 Å². The smallest absolute Gasteiger partial charge is 0.419 e. The van der Waals surface area contributed by atoms with Crippen LogP contribution in [0.1, 0.15) is 11.1 Å². The topological polar surface area (TPSA) is 84.9 Å². The van der Waals surface area contributed by atoms with Gasteiger partial charge in [-0.1, -0.05) is 6.07 Å². The molecule has 0 aliphatic heterocycles. The van der Waals surface area contributed by atoms with Gasteiger partial charge in [-0.05, 0) is 30.7 Å². The number of nitrogens with one attached hydrogen (secondary N) is 2. The molecule has 0 saturated heterocycles. The molecule has 0 aliphatic rings. The number of aromatic nitrogens is 4. The molecule has 0 amide bonds. The van der Waals surface area contributed by atoms with Gasteiger partial charge >= 0.3 is 6.18 Å². The third-order valence-electron chi connectivity index (χ3n) is 4.42. The molecule has 0 spiro atoms. The van der Waals surface area contributed by atoms with Crippen molar-refractivity contribution < 1.29 is 17.9 Å². The van der Waals surface area contributed by atoms with Crippen LogP contribution in [-0.2, 0) is 6.18 Å². The number of alkyl halides is 3. The molecule has 7 nitrogen and oxygen atoms in total. The number of halogens is 3. The quantitative estimate of drug-likeness (QED) is 0.377. The fourth-order valence-corrected chi connectivity index (χ4v) is 3.64. The summed E-state index contributed by atoms with van der Waals surface area (Å²) in [5, 5.41) is 5.80. The highest BCUT2D eigenvalue weighted by atomic mass is 32.1. The van der Waals surface area contributed by atoms with E-state index in [1.54, 1.807) is 24.5 Å². The van der Waals surface area contributed by atoms with Crippen LogP contribution < -0.4 is 15.4 Å². The number of aryl methyl sites for hydroxylation is 1. The van der Waals surface area contributed by atoms with Crippen molar-refractivity contribution >= 4 is 34.3 Å². The molecule has 0 saturated carbocycles. The van der Waals surface area contributed by atoms with Crippen molar-refractivity contribution in [1.82, 2.24) is 19.9 Å². The van der Waals surface area contributed by atoms with Gasteiger partial charge in [0.1, 0.15) is 16.4 Å². The molecule has 32 heavy (non-hydrogen) atoms. The minimum atomic E-state index is -4.62. The summed E-state index contributed by atoms with van der Waals surface area (Å²) >= 11 is 1.22. The molecule has 3 heterocycles. The number of methoxy groups -OCH3 is 1. The molecule has 0 aliphatic carbocycles. The zero-order valence-corrected chi connectivity index (χ0v) is 17.8. The van der Waals surface area contributed by atoms with Crippen LogP contribution in [0.3, 0.4) is 0 Å². The highest BCUT2D eigenvalue weighted by Crippen LogP contribution is 2.39. The molecular formula is C21H17F3N6OS. The Morgan fingerprint density at radius 2 is 1.75 bits per heavy atom. The van der Waals surface area contributed by atoms with Crippen molar-refractivity contribution in [1.29, 1.82) is 0 Å². The highest BCUT2D eigenvalue weighted by molar-refractivity contribution is 7.13. The van der Waals surface area contributed by atoms with Gasteiger partial charge in [-0.2, -0.15) is 13.2 Å². The first-order valence-corrected chi connectivity index (χ1v) is 10.2. The number of rotatable bonds is 6. The third kappa shape index (κ3) is 4.62. The molecule has 0 atom stereocenters. The molecule has 164 valence electrons. The largest absolute Gasteiger partial charge is 0.495 e. The fourth-order valence-electron chi connectivity index (χ4n) is 2.95. The normalized spacial score (nSPS) is 11.3. The van der Waals surface area contributed by atoms with E-state index in [0.717, 1.165) is 11.8 Å². The molecule has 4 aromatic rings. The Hall–Kier alpha value is -3.73. The maximum Gasteiger partial charge on any atom is 0.419 e. The Kier molecular flexibility index (Phi) is 5.91. The number of thiazole rings is 1. The number of anilines is 4. The molecule has 3 aromatic heterocycles. The van der Waals surface area contributed by atoms with E-state index >= 15 is 0 Å². The van der Waals surface area contributed by atoms with Crippen LogP contribution >= 0.6 is 11.3 Å². The van der Waals surface area contributed by atoms with E-state index < -0.39 is 11.7 Å². The van der Waals surface area contributed by atoms with Gasteiger partial charge in [0.25, 0.3) is 0 Å². The molecule has 0 radical (unpaired) electrons. The molecule has 0 unspecified atom stereocenters. The van der Waals surface area contributed by atoms with Crippen LogP contribution in [-0.4, -0.2) is 27.0 Å². The van der Waals surface area contributed by atoms with E-state index in [1.807, 2.05) is 19.1 Å². The minimum Gasteiger partial charge on any atom is -0.495 e. The summed E-state index contributed by atoms with van der Waals surface area (Å²) in [5.41, 5.74) is 1.92. The van der Waals surface area contributed by atoms with Crippen LogP contribution in [0.2, 0.25) is 0 Å². The average Bonchev–Trinajstić information content (AvgIpc) is 3.22. The van der Waals surface area contributed by atoms with E-state index in [1.165, 1.54) is 30.0 Å². The van der Waals surface area contributed by atoms with Gasteiger partial charge in [-0.25, -0.2) is 19.9 Å². The number of ether oxygens (including phenoxy) is 1. The predicted octanol–water partition coefficient (Wildman–Crippen LogP) is 5.82. The summed E-state index contributed by atoms with van der Waals surface area (Å²) in [6.45, 7) is 1.90. The number of hydrogen-bond donors (Lipinski definition) is 2. The lowest BCUT2D eigenvalue weighted by atomic mass is 10.2. The molecule has 11 heteroatoms. The maximum atomic E-state index is 13.7. The van der Waals surface area contributed by atoms with Gasteiger partial charge in [0.05, 0.1) is 29.6 Å². The van der Waals surface area contributed by atoms with E-state index in [0.29, 0.717) is 22.1 Å². The second-order valence-electron chi connectivity index (χ2n) is 6.67. The number of hydrogen-bond acceptors (Lipinski definition) is 8. The van der Waals surface area contributed by atoms with E-state index in [2.05, 4.69) is 30.6 Å². The van der Waals surface area contributed by atoms with Gasteiger partial charge < -0.3 is 15.4 Å². The summed E-state index contributed by atoms with van der Waals surface area (Å²) in [4.78, 5) is 16.9. The van der Waals surface area contributed by atoms with Crippen molar-refractivity contribution in [3.63, 3.8) is 0 Å². The standard InChI is InChI=1S/C21H17F3N6OS/c1-12-4-5-16(31-2)15(8-12)29-17-9-14(13(10-27-17)21(22,23)24)30-20-18(32-11-28-20)19-25-6-3-7-26-19/h3-11H,1-2H3,(H2,27,29,30). The number of nitrogens with zero attached hydrogens (tertiary/aromatic N) is 4. The second kappa shape index (κ2) is 8.79. The van der Waals surface area contributed by atoms with Gasteiger partial charge in [-0.3, -0.25) is 0 Å². The average molecular weight is 458 g/mol. The Labute approximate surface area is 185 Å². The van der Waals surface area contributed by atoms with Crippen molar-refractivity contribution in [2.75, 3.05) is 17.7 Å². The fraction of sp³-hybridized carbons (Fsp3) is 0.143. The van der Waals surface area contributed by atoms with Crippen LogP contribution in [0.4, 0.5) is 36.2 Å². The zero-order chi connectivity index (χ0) is 22.7. The Balaban J connectivity index is 1.72. The van der Waals surface area contributed by atoms with Crippen LogP contribution in [0.15, 0.2) is 54.4 Å². The molecule has 2 N–H and O–H groups in total. The molecule has 0 fully saturated rings. The Morgan fingerprint density at radius 3 is 2.47 bits per heavy atom. The second-order valence-corrected chi connectivity index (χ2v) is 7.52. The first-order valence-electron chi connectivity index (χ1n) is 9.32. The first-order chi connectivity index (χ1) is 15.3. The number of benzene rings is 1. The highest BCUT2D eigenvalue weighted by Gasteiger charge is 2.35. The lowest BCUT2D eigenvalue weighted by molar-refractivity contribution is -0.137. The summed E-state index contributed by atoms with van der Waals surface area (Å²) in [6.07, 6.45) is -0.736. The Bertz CT molecular complexity index is 1230. The summed E-state index contributed by atoms with van der Waals surface area (Å²) in [7, 11) is 1.51. The monoisotopic (exact) mass is 458 g/mol. The molecular weight excluding hydrogens is 441 g/mol. The van der Waals surface area contributed by atoms with Crippen molar-refractivity contribution in [3.8, 4) is 16.5 Å². The molecule has 4 rings (SSSR count). The van der Waals surface area contributed by atoms with E-state index in [-0.39, 0.29) is 17.3 Å². The van der Waals surface area contributed by atoms with E-state index in [4.69, 9.17) is 4.74 Å². The van der Waals surface area contributed by atoms with Crippen LogP contribution in [0, 0.1) is 6.92 Å². The molecule has 0 bridgehead atoms. The third-order valence-corrected chi connectivity index (χ3v) is 5.24. The minimum absolute atomic E-state index is 0.204. The van der Waals surface area contributed by atoms with E-state index in [9.17, 15) is 13.2 Å². The van der Waals surface area contributed by atoms with Crippen molar-refractivity contribution in [2.24, 2.45) is 0 Å². The van der Waals surface area contributed by atoms with Crippen LogP contribution in [0.25, 0.3) is 10.7 Å². The van der Waals surface area contributed by atoms with Crippen molar-refractivity contribution in [3.05, 3.63) is 65.6 Å². The summed E-state index contributed by atoms with van der Waals surface area (Å²) in [6, 6.07) is 8.38. The summed E-state index contributed by atoms with van der Waals surface area (Å²) in [5.74, 6) is 1.33. The zero-order valence-electron chi connectivity index (χ0n) is 16.9. The summed E-state index contributed by atoms with van der Waals surface area (Å²) < 4.78 is 46.3. The van der Waals surface area contributed by atoms with Crippen LogP contribution in [0.5, 0.6) is 5.75 Å². The predicted molar refractivity (Wildman–Crippen MR) is 117 cm³/mol. The SMILES string of the molecule is COc1ccc(C)cc1Nc1cc(Nc2ncsc2-c2ncccn2)c(C(F)(F)F)cn1.